The Bertz CT molecular complexity index is 1270. The third-order valence-corrected chi connectivity index (χ3v) is 4.28. The Morgan fingerprint density at radius 2 is 1.81 bits per heavy atom. The maximum Gasteiger partial charge on any atom is 0.379 e. The molecule has 5 heteroatoms. The molecule has 0 saturated carbocycles. The van der Waals surface area contributed by atoms with Gasteiger partial charge in [0.1, 0.15) is 11.3 Å². The first kappa shape index (κ1) is 16.6. The van der Waals surface area contributed by atoms with E-state index in [1.165, 1.54) is 24.3 Å². The number of phenolic OH excluding ortho intramolecular Hbond substituents is 1. The maximum atomic E-state index is 12.7. The van der Waals surface area contributed by atoms with Gasteiger partial charge in [-0.3, -0.25) is 0 Å². The average molecular weight is 358 g/mol. The van der Waals surface area contributed by atoms with E-state index in [2.05, 4.69) is 6.58 Å². The summed E-state index contributed by atoms with van der Waals surface area (Å²) in [5.74, 6) is -0.900. The van der Waals surface area contributed by atoms with E-state index in [0.717, 1.165) is 10.9 Å². The van der Waals surface area contributed by atoms with Crippen molar-refractivity contribution in [2.75, 3.05) is 0 Å². The lowest BCUT2D eigenvalue weighted by Crippen LogP contribution is -2.14. The topological polar surface area (TPSA) is 76.7 Å². The number of benzene rings is 3. The molecule has 0 radical (unpaired) electrons. The van der Waals surface area contributed by atoms with E-state index in [1.54, 1.807) is 24.3 Å². The van der Waals surface area contributed by atoms with Gasteiger partial charge in [-0.1, -0.05) is 43.0 Å². The van der Waals surface area contributed by atoms with Gasteiger partial charge in [0, 0.05) is 5.39 Å². The molecule has 4 rings (SSSR count). The third kappa shape index (κ3) is 2.95. The fraction of sp³-hybridized carbons (Fsp3) is 0. The Morgan fingerprint density at radius 3 is 2.63 bits per heavy atom. The molecule has 0 aliphatic rings. The highest BCUT2D eigenvalue weighted by Gasteiger charge is 2.16. The van der Waals surface area contributed by atoms with Crippen LogP contribution < -0.4 is 10.4 Å². The first-order valence-corrected chi connectivity index (χ1v) is 8.20. The quantitative estimate of drug-likeness (QED) is 0.431. The molecule has 27 heavy (non-hydrogen) atoms. The largest absolute Gasteiger partial charge is 0.508 e. The summed E-state index contributed by atoms with van der Waals surface area (Å²) in [6.07, 6.45) is 1.71. The molecule has 0 aliphatic heterocycles. The summed E-state index contributed by atoms with van der Waals surface area (Å²) < 4.78 is 10.5. The van der Waals surface area contributed by atoms with Gasteiger partial charge in [-0.05, 0) is 46.7 Å². The smallest absolute Gasteiger partial charge is 0.379 e. The summed E-state index contributed by atoms with van der Waals surface area (Å²) in [5.41, 5.74) is 0.737. The summed E-state index contributed by atoms with van der Waals surface area (Å²) in [7, 11) is 0. The number of esters is 1. The zero-order valence-corrected chi connectivity index (χ0v) is 14.1. The molecule has 0 unspecified atom stereocenters. The summed E-state index contributed by atoms with van der Waals surface area (Å²) >= 11 is 0. The van der Waals surface area contributed by atoms with Crippen molar-refractivity contribution in [2.24, 2.45) is 0 Å². The van der Waals surface area contributed by atoms with Crippen LogP contribution in [-0.4, -0.2) is 11.1 Å². The molecule has 0 bridgehead atoms. The van der Waals surface area contributed by atoms with Crippen LogP contribution in [-0.2, 0) is 0 Å². The third-order valence-electron chi connectivity index (χ3n) is 4.28. The zero-order chi connectivity index (χ0) is 19.0. The Labute approximate surface area is 153 Å². The molecule has 1 heterocycles. The predicted octanol–water partition coefficient (Wildman–Crippen LogP) is 4.51. The second kappa shape index (κ2) is 6.46. The van der Waals surface area contributed by atoms with Crippen LogP contribution in [0.2, 0.25) is 0 Å². The minimum atomic E-state index is -0.770. The van der Waals surface area contributed by atoms with Crippen molar-refractivity contribution in [3.05, 3.63) is 88.8 Å². The summed E-state index contributed by atoms with van der Waals surface area (Å²) in [4.78, 5) is 24.8. The summed E-state index contributed by atoms with van der Waals surface area (Å²) in [6, 6.07) is 16.5. The SMILES string of the molecule is C=Cc1cccc2c(C(=O)Oc3cc4cc(O)ccc4oc3=O)cccc12. The molecular weight excluding hydrogens is 344 g/mol. The van der Waals surface area contributed by atoms with Crippen LogP contribution in [0.5, 0.6) is 11.5 Å². The number of hydrogen-bond acceptors (Lipinski definition) is 5. The monoisotopic (exact) mass is 358 g/mol. The lowest BCUT2D eigenvalue weighted by molar-refractivity contribution is 0.0731. The van der Waals surface area contributed by atoms with Crippen molar-refractivity contribution in [1.82, 2.24) is 0 Å². The van der Waals surface area contributed by atoms with Gasteiger partial charge < -0.3 is 14.3 Å². The van der Waals surface area contributed by atoms with Gasteiger partial charge in [-0.2, -0.15) is 0 Å². The van der Waals surface area contributed by atoms with Crippen LogP contribution in [0, 0.1) is 0 Å². The van der Waals surface area contributed by atoms with Crippen LogP contribution in [0.25, 0.3) is 27.8 Å². The van der Waals surface area contributed by atoms with Crippen LogP contribution in [0.15, 0.2) is 76.5 Å². The van der Waals surface area contributed by atoms with E-state index in [1.807, 2.05) is 18.2 Å². The van der Waals surface area contributed by atoms with Gasteiger partial charge in [0.15, 0.2) is 0 Å². The highest BCUT2D eigenvalue weighted by molar-refractivity contribution is 6.07. The van der Waals surface area contributed by atoms with Gasteiger partial charge >= 0.3 is 11.6 Å². The van der Waals surface area contributed by atoms with Gasteiger partial charge in [-0.25, -0.2) is 9.59 Å². The number of hydrogen-bond donors (Lipinski definition) is 1. The van der Waals surface area contributed by atoms with Gasteiger partial charge in [-0.15, -0.1) is 0 Å². The number of phenols is 1. The van der Waals surface area contributed by atoms with Crippen LogP contribution in [0.3, 0.4) is 0 Å². The highest BCUT2D eigenvalue weighted by atomic mass is 16.5. The molecule has 1 N–H and O–H groups in total. The minimum absolute atomic E-state index is 0.0135. The predicted molar refractivity (Wildman–Crippen MR) is 103 cm³/mol. The van der Waals surface area contributed by atoms with Crippen molar-refractivity contribution in [2.45, 2.75) is 0 Å². The molecule has 0 spiro atoms. The fourth-order valence-electron chi connectivity index (χ4n) is 3.01. The lowest BCUT2D eigenvalue weighted by Gasteiger charge is -2.09. The van der Waals surface area contributed by atoms with E-state index in [-0.39, 0.29) is 11.5 Å². The first-order valence-electron chi connectivity index (χ1n) is 8.20. The van der Waals surface area contributed by atoms with Crippen molar-refractivity contribution >= 4 is 33.8 Å². The van der Waals surface area contributed by atoms with E-state index >= 15 is 0 Å². The molecular formula is C22H14O5. The number of ether oxygens (including phenoxy) is 1. The Morgan fingerprint density at radius 1 is 1.04 bits per heavy atom. The summed E-state index contributed by atoms with van der Waals surface area (Å²) in [6.45, 7) is 3.78. The van der Waals surface area contributed by atoms with Crippen molar-refractivity contribution in [3.63, 3.8) is 0 Å². The second-order valence-electron chi connectivity index (χ2n) is 5.96. The maximum absolute atomic E-state index is 12.7. The molecule has 0 fully saturated rings. The van der Waals surface area contributed by atoms with E-state index in [9.17, 15) is 14.7 Å². The standard InChI is InChI=1S/C22H14O5/c1-2-13-5-3-7-17-16(13)6-4-8-18(17)21(24)27-20-12-14-11-15(23)9-10-19(14)26-22(20)25/h2-12,23H,1H2. The Kier molecular flexibility index (Phi) is 3.97. The Hall–Kier alpha value is -3.86. The van der Waals surface area contributed by atoms with Gasteiger partial charge in [0.05, 0.1) is 5.56 Å². The average Bonchev–Trinajstić information content (AvgIpc) is 2.67. The normalized spacial score (nSPS) is 10.8. The van der Waals surface area contributed by atoms with E-state index in [0.29, 0.717) is 21.9 Å². The zero-order valence-electron chi connectivity index (χ0n) is 14.1. The molecule has 1 aromatic heterocycles. The molecule has 5 nitrogen and oxygen atoms in total. The Balaban J connectivity index is 1.78. The molecule has 4 aromatic rings. The number of carbonyl (C=O) groups excluding carboxylic acids is 1. The minimum Gasteiger partial charge on any atom is -0.508 e. The number of fused-ring (bicyclic) bond motifs is 2. The van der Waals surface area contributed by atoms with Crippen molar-refractivity contribution in [1.29, 1.82) is 0 Å². The first-order chi connectivity index (χ1) is 13.1. The number of aromatic hydroxyl groups is 1. The number of rotatable bonds is 3. The van der Waals surface area contributed by atoms with Crippen LogP contribution in [0.1, 0.15) is 15.9 Å². The second-order valence-corrected chi connectivity index (χ2v) is 5.96. The van der Waals surface area contributed by atoms with Gasteiger partial charge in [0.2, 0.25) is 5.75 Å². The lowest BCUT2D eigenvalue weighted by atomic mass is 10.00. The van der Waals surface area contributed by atoms with Crippen molar-refractivity contribution < 1.29 is 19.1 Å². The summed E-state index contributed by atoms with van der Waals surface area (Å²) in [5, 5.41) is 11.6. The van der Waals surface area contributed by atoms with Gasteiger partial charge in [0.25, 0.3) is 0 Å². The fourth-order valence-corrected chi connectivity index (χ4v) is 3.01. The van der Waals surface area contributed by atoms with E-state index < -0.39 is 11.6 Å². The van der Waals surface area contributed by atoms with Crippen LogP contribution in [0.4, 0.5) is 0 Å². The molecule has 0 saturated heterocycles. The van der Waals surface area contributed by atoms with Crippen molar-refractivity contribution in [3.8, 4) is 11.5 Å². The molecule has 0 amide bonds. The molecule has 0 aliphatic carbocycles. The van der Waals surface area contributed by atoms with E-state index in [4.69, 9.17) is 9.15 Å². The number of carbonyl (C=O) groups is 1. The van der Waals surface area contributed by atoms with Crippen LogP contribution >= 0.6 is 0 Å². The molecule has 0 atom stereocenters. The highest BCUT2D eigenvalue weighted by Crippen LogP contribution is 2.25. The molecule has 132 valence electrons. The molecule has 3 aromatic carbocycles.